The lowest BCUT2D eigenvalue weighted by Crippen LogP contribution is -2.39. The summed E-state index contributed by atoms with van der Waals surface area (Å²) >= 11 is 12.5. The van der Waals surface area contributed by atoms with Gasteiger partial charge in [0.2, 0.25) is 0 Å². The van der Waals surface area contributed by atoms with E-state index in [1.165, 1.54) is 24.1 Å². The molecule has 1 aliphatic heterocycles. The van der Waals surface area contributed by atoms with Crippen molar-refractivity contribution in [3.05, 3.63) is 105 Å². The fraction of sp³-hybridized carbons (Fsp3) is 0.138. The van der Waals surface area contributed by atoms with Gasteiger partial charge in [0.15, 0.2) is 5.75 Å². The molecule has 9 heteroatoms. The number of carboxylic acids is 1. The van der Waals surface area contributed by atoms with Crippen LogP contribution >= 0.6 is 23.2 Å². The summed E-state index contributed by atoms with van der Waals surface area (Å²) in [4.78, 5) is 39.1. The number of carbonyl (C=O) groups is 3. The smallest absolute Gasteiger partial charge is 0.335 e. The first kappa shape index (κ1) is 25.6. The van der Waals surface area contributed by atoms with Crippen LogP contribution in [0.4, 0.5) is 5.69 Å². The van der Waals surface area contributed by atoms with Gasteiger partial charge in [-0.05, 0) is 60.0 Å². The minimum Gasteiger partial charge on any atom is -0.494 e. The second-order valence-corrected chi connectivity index (χ2v) is 9.67. The Bertz CT molecular complexity index is 1560. The third kappa shape index (κ3) is 4.66. The Hall–Kier alpha value is -4.07. The first-order chi connectivity index (χ1) is 18.3. The summed E-state index contributed by atoms with van der Waals surface area (Å²) in [6, 6.07) is 18.7. The van der Waals surface area contributed by atoms with Crippen molar-refractivity contribution in [1.82, 2.24) is 4.90 Å². The maximum atomic E-state index is 13.4. The van der Waals surface area contributed by atoms with Crippen LogP contribution in [-0.4, -0.2) is 41.4 Å². The normalized spacial score (nSPS) is 12.7. The van der Waals surface area contributed by atoms with Crippen molar-refractivity contribution in [2.45, 2.75) is 13.0 Å². The van der Waals surface area contributed by atoms with Crippen LogP contribution in [0, 0.1) is 0 Å². The lowest BCUT2D eigenvalue weighted by Gasteiger charge is -2.28. The molecule has 2 amide bonds. The van der Waals surface area contributed by atoms with Crippen molar-refractivity contribution >= 4 is 57.4 Å². The predicted molar refractivity (Wildman–Crippen MR) is 147 cm³/mol. The van der Waals surface area contributed by atoms with Crippen LogP contribution in [0.3, 0.4) is 0 Å². The van der Waals surface area contributed by atoms with Crippen LogP contribution in [0.15, 0.2) is 66.7 Å². The topological polar surface area (TPSA) is 95.9 Å². The molecule has 0 spiro atoms. The van der Waals surface area contributed by atoms with Gasteiger partial charge in [0.25, 0.3) is 11.8 Å². The molecule has 0 atom stereocenters. The number of anilines is 1. The Balaban J connectivity index is 1.38. The number of methoxy groups -OCH3 is 1. The van der Waals surface area contributed by atoms with E-state index in [9.17, 15) is 14.4 Å². The Morgan fingerprint density at radius 2 is 1.58 bits per heavy atom. The van der Waals surface area contributed by atoms with Gasteiger partial charge in [-0.3, -0.25) is 14.5 Å². The molecule has 0 saturated carbocycles. The van der Waals surface area contributed by atoms with Crippen LogP contribution < -0.4 is 10.1 Å². The van der Waals surface area contributed by atoms with E-state index in [-0.39, 0.29) is 12.1 Å². The highest BCUT2D eigenvalue weighted by Gasteiger charge is 2.33. The summed E-state index contributed by atoms with van der Waals surface area (Å²) in [6.45, 7) is 0.610. The van der Waals surface area contributed by atoms with E-state index >= 15 is 0 Å². The molecule has 5 rings (SSSR count). The summed E-state index contributed by atoms with van der Waals surface area (Å²) in [7, 11) is 1.51. The van der Waals surface area contributed by atoms with Gasteiger partial charge in [-0.1, -0.05) is 47.5 Å². The predicted octanol–water partition coefficient (Wildman–Crippen LogP) is 6.30. The second kappa shape index (κ2) is 10.4. The van der Waals surface area contributed by atoms with E-state index in [1.54, 1.807) is 30.3 Å². The van der Waals surface area contributed by atoms with E-state index in [1.807, 2.05) is 24.3 Å². The van der Waals surface area contributed by atoms with E-state index in [4.69, 9.17) is 33.0 Å². The minimum atomic E-state index is -1.04. The zero-order valence-electron chi connectivity index (χ0n) is 20.3. The first-order valence-corrected chi connectivity index (χ1v) is 12.5. The molecule has 0 radical (unpaired) electrons. The molecule has 0 aromatic heterocycles. The largest absolute Gasteiger partial charge is 0.494 e. The standard InChI is InChI=1S/C29H22Cl2N2O5/c1-38-26-22(30)13-17(14-23(26)31)11-12-32-24-10-9-21-25-19(24)3-2-4-20(25)27(34)33(28(21)35)15-16-5-7-18(8-6-16)29(36)37/h2-10,13-14,32H,11-12,15H2,1H3,(H,36,37). The van der Waals surface area contributed by atoms with Gasteiger partial charge in [-0.2, -0.15) is 0 Å². The number of aromatic carboxylic acids is 1. The number of amides is 2. The summed E-state index contributed by atoms with van der Waals surface area (Å²) in [5.74, 6) is -1.39. The molecular weight excluding hydrogens is 527 g/mol. The maximum absolute atomic E-state index is 13.4. The summed E-state index contributed by atoms with van der Waals surface area (Å²) < 4.78 is 5.20. The Labute approximate surface area is 228 Å². The highest BCUT2D eigenvalue weighted by atomic mass is 35.5. The van der Waals surface area contributed by atoms with Crippen molar-refractivity contribution in [2.24, 2.45) is 0 Å². The minimum absolute atomic E-state index is 0.0420. The molecule has 0 unspecified atom stereocenters. The molecule has 38 heavy (non-hydrogen) atoms. The molecule has 0 fully saturated rings. The number of rotatable bonds is 8. The van der Waals surface area contributed by atoms with Gasteiger partial charge in [-0.25, -0.2) is 4.79 Å². The molecular formula is C29H22Cl2N2O5. The third-order valence-corrected chi connectivity index (χ3v) is 7.09. The number of nitrogens with zero attached hydrogens (tertiary/aromatic N) is 1. The lowest BCUT2D eigenvalue weighted by atomic mass is 9.92. The SMILES string of the molecule is COc1c(Cl)cc(CCNc2ccc3c4c(cccc24)C(=O)N(Cc2ccc(C(=O)O)cc2)C3=O)cc1Cl. The summed E-state index contributed by atoms with van der Waals surface area (Å²) in [5.41, 5.74) is 3.42. The fourth-order valence-corrected chi connectivity index (χ4v) is 5.36. The summed E-state index contributed by atoms with van der Waals surface area (Å²) in [6.07, 6.45) is 0.638. The molecule has 1 aliphatic rings. The highest BCUT2D eigenvalue weighted by molar-refractivity contribution is 6.37. The average Bonchev–Trinajstić information content (AvgIpc) is 2.90. The molecule has 2 N–H and O–H groups in total. The number of carboxylic acid groups (broad SMARTS) is 1. The van der Waals surface area contributed by atoms with Gasteiger partial charge >= 0.3 is 5.97 Å². The van der Waals surface area contributed by atoms with Crippen LogP contribution in [-0.2, 0) is 13.0 Å². The summed E-state index contributed by atoms with van der Waals surface area (Å²) in [5, 5.41) is 14.8. The first-order valence-electron chi connectivity index (χ1n) is 11.8. The van der Waals surface area contributed by atoms with Gasteiger partial charge in [0, 0.05) is 34.1 Å². The molecule has 192 valence electrons. The Morgan fingerprint density at radius 1 is 0.921 bits per heavy atom. The molecule has 1 heterocycles. The lowest BCUT2D eigenvalue weighted by molar-refractivity contribution is 0.0596. The van der Waals surface area contributed by atoms with E-state index in [2.05, 4.69) is 5.32 Å². The molecule has 0 aliphatic carbocycles. The van der Waals surface area contributed by atoms with Crippen molar-refractivity contribution in [3.63, 3.8) is 0 Å². The van der Waals surface area contributed by atoms with Gasteiger partial charge in [0.1, 0.15) is 0 Å². The number of halogens is 2. The van der Waals surface area contributed by atoms with Crippen molar-refractivity contribution in [1.29, 1.82) is 0 Å². The zero-order chi connectivity index (χ0) is 27.0. The maximum Gasteiger partial charge on any atom is 0.335 e. The molecule has 4 aromatic carbocycles. The zero-order valence-corrected chi connectivity index (χ0v) is 21.8. The van der Waals surface area contributed by atoms with Crippen LogP contribution in [0.2, 0.25) is 10.0 Å². The Morgan fingerprint density at radius 3 is 2.21 bits per heavy atom. The quantitative estimate of drug-likeness (QED) is 0.251. The number of hydrogen-bond donors (Lipinski definition) is 2. The highest BCUT2D eigenvalue weighted by Crippen LogP contribution is 2.36. The monoisotopic (exact) mass is 548 g/mol. The number of nitrogens with one attached hydrogen (secondary N) is 1. The second-order valence-electron chi connectivity index (χ2n) is 8.86. The van der Waals surface area contributed by atoms with Crippen molar-refractivity contribution in [2.75, 3.05) is 19.0 Å². The number of imide groups is 1. The molecule has 0 bridgehead atoms. The molecule has 4 aromatic rings. The van der Waals surface area contributed by atoms with Gasteiger partial charge < -0.3 is 15.2 Å². The number of hydrogen-bond acceptors (Lipinski definition) is 5. The van der Waals surface area contributed by atoms with Crippen LogP contribution in [0.5, 0.6) is 5.75 Å². The molecule has 0 saturated heterocycles. The van der Waals surface area contributed by atoms with Gasteiger partial charge in [-0.15, -0.1) is 0 Å². The van der Waals surface area contributed by atoms with Gasteiger partial charge in [0.05, 0.1) is 29.3 Å². The van der Waals surface area contributed by atoms with Crippen LogP contribution in [0.1, 0.15) is 42.2 Å². The molecule has 7 nitrogen and oxygen atoms in total. The average molecular weight is 549 g/mol. The van der Waals surface area contributed by atoms with Crippen molar-refractivity contribution in [3.8, 4) is 5.75 Å². The van der Waals surface area contributed by atoms with Crippen molar-refractivity contribution < 1.29 is 24.2 Å². The fourth-order valence-electron chi connectivity index (χ4n) is 4.67. The van der Waals surface area contributed by atoms with E-state index in [0.29, 0.717) is 50.8 Å². The number of ether oxygens (including phenoxy) is 1. The number of benzene rings is 4. The Kier molecular flexibility index (Phi) is 6.97. The van der Waals surface area contributed by atoms with E-state index < -0.39 is 17.8 Å². The van der Waals surface area contributed by atoms with Crippen LogP contribution in [0.25, 0.3) is 10.8 Å². The third-order valence-electron chi connectivity index (χ3n) is 6.52. The number of carbonyl (C=O) groups excluding carboxylic acids is 2. The van der Waals surface area contributed by atoms with E-state index in [0.717, 1.165) is 16.6 Å².